The highest BCUT2D eigenvalue weighted by Crippen LogP contribution is 2.56. The minimum Gasteiger partial charge on any atom is -0.480 e. The first-order valence-corrected chi connectivity index (χ1v) is 10.4. The number of benzene rings is 1. The van der Waals surface area contributed by atoms with Crippen molar-refractivity contribution in [1.29, 1.82) is 0 Å². The number of aliphatic hydroxyl groups is 1. The Labute approximate surface area is 178 Å². The van der Waals surface area contributed by atoms with Gasteiger partial charge in [-0.15, -0.1) is 11.8 Å². The predicted octanol–water partition coefficient (Wildman–Crippen LogP) is 0.490. The molecule has 5 atom stereocenters. The van der Waals surface area contributed by atoms with Crippen LogP contribution in [0.5, 0.6) is 0 Å². The molecule has 3 rings (SSSR count). The summed E-state index contributed by atoms with van der Waals surface area (Å²) in [4.78, 5) is 51.1. The Balaban J connectivity index is 1.76. The number of aliphatic hydroxyl groups excluding tert-OH is 1. The molecule has 2 aliphatic heterocycles. The number of aliphatic carboxylic acids is 1. The van der Waals surface area contributed by atoms with Crippen LogP contribution in [0.4, 0.5) is 0 Å². The van der Waals surface area contributed by atoms with Crippen LogP contribution in [0.15, 0.2) is 24.3 Å². The lowest BCUT2D eigenvalue weighted by molar-refractivity contribution is -0.145. The van der Waals surface area contributed by atoms with Crippen LogP contribution in [0.3, 0.4) is 0 Å². The third-order valence-electron chi connectivity index (χ3n) is 5.34. The van der Waals surface area contributed by atoms with E-state index < -0.39 is 46.8 Å². The number of fused-ring (bicyclic) bond motifs is 3. The quantitative estimate of drug-likeness (QED) is 0.510. The lowest BCUT2D eigenvalue weighted by Gasteiger charge is -2.30. The molecule has 0 bridgehead atoms. The molecule has 3 amide bonds. The van der Waals surface area contributed by atoms with Gasteiger partial charge in [0, 0.05) is 10.3 Å². The minimum absolute atomic E-state index is 0.231. The van der Waals surface area contributed by atoms with Crippen molar-refractivity contribution in [3.63, 3.8) is 0 Å². The zero-order chi connectivity index (χ0) is 22.4. The van der Waals surface area contributed by atoms with Crippen molar-refractivity contribution >= 4 is 35.5 Å². The highest BCUT2D eigenvalue weighted by molar-refractivity contribution is 8.01. The van der Waals surface area contributed by atoms with Crippen LogP contribution in [0.1, 0.15) is 49.0 Å². The Morgan fingerprint density at radius 1 is 1.17 bits per heavy atom. The van der Waals surface area contributed by atoms with Crippen LogP contribution in [-0.4, -0.2) is 67.8 Å². The van der Waals surface area contributed by atoms with Gasteiger partial charge in [-0.1, -0.05) is 18.2 Å². The molecule has 0 radical (unpaired) electrons. The molecule has 4 N–H and O–H groups in total. The van der Waals surface area contributed by atoms with E-state index >= 15 is 0 Å². The molecule has 1 aromatic carbocycles. The summed E-state index contributed by atoms with van der Waals surface area (Å²) in [5, 5.41) is 23.1. The normalized spacial score (nSPS) is 24.4. The molecule has 5 unspecified atom stereocenters. The third-order valence-corrected chi connectivity index (χ3v) is 6.88. The molecule has 2 heterocycles. The molecule has 2 aliphatic rings. The maximum Gasteiger partial charge on any atom is 0.328 e. The molecule has 0 aliphatic carbocycles. The van der Waals surface area contributed by atoms with Crippen molar-refractivity contribution in [2.45, 2.75) is 62.0 Å². The van der Waals surface area contributed by atoms with E-state index in [2.05, 4.69) is 10.6 Å². The van der Waals surface area contributed by atoms with Gasteiger partial charge in [0.2, 0.25) is 11.8 Å². The second kappa shape index (κ2) is 7.92. The number of carbonyl (C=O) groups excluding carboxylic acids is 3. The number of amides is 3. The van der Waals surface area contributed by atoms with Gasteiger partial charge in [-0.25, -0.2) is 4.79 Å². The number of carboxylic acid groups (broad SMARTS) is 1. The first-order valence-electron chi connectivity index (χ1n) is 9.56. The second-order valence-electron chi connectivity index (χ2n) is 8.07. The Bertz CT molecular complexity index is 902. The molecular weight excluding hydrogens is 410 g/mol. The van der Waals surface area contributed by atoms with Gasteiger partial charge in [0.25, 0.3) is 5.91 Å². The monoisotopic (exact) mass is 435 g/mol. The molecule has 1 fully saturated rings. The maximum absolute atomic E-state index is 13.1. The van der Waals surface area contributed by atoms with Crippen molar-refractivity contribution in [2.24, 2.45) is 0 Å². The van der Waals surface area contributed by atoms with E-state index in [1.54, 1.807) is 17.0 Å². The number of carboxylic acids is 1. The van der Waals surface area contributed by atoms with Crippen LogP contribution in [-0.2, 0) is 14.4 Å². The van der Waals surface area contributed by atoms with Crippen LogP contribution in [0, 0.1) is 0 Å². The van der Waals surface area contributed by atoms with E-state index in [-0.39, 0.29) is 11.3 Å². The van der Waals surface area contributed by atoms with Gasteiger partial charge < -0.3 is 25.7 Å². The summed E-state index contributed by atoms with van der Waals surface area (Å²) in [5.41, 5.74) is 1.43. The molecule has 30 heavy (non-hydrogen) atoms. The van der Waals surface area contributed by atoms with Crippen LogP contribution in [0.2, 0.25) is 0 Å². The summed E-state index contributed by atoms with van der Waals surface area (Å²) >= 11 is 1.51. The Morgan fingerprint density at radius 3 is 2.40 bits per heavy atom. The zero-order valence-electron chi connectivity index (χ0n) is 17.1. The number of hydrogen-bond acceptors (Lipinski definition) is 6. The van der Waals surface area contributed by atoms with Gasteiger partial charge in [0.1, 0.15) is 17.5 Å². The van der Waals surface area contributed by atoms with E-state index in [9.17, 15) is 24.3 Å². The van der Waals surface area contributed by atoms with Gasteiger partial charge in [0.15, 0.2) is 6.04 Å². The van der Waals surface area contributed by atoms with Crippen LogP contribution < -0.4 is 10.6 Å². The molecule has 10 heteroatoms. The lowest BCUT2D eigenvalue weighted by Crippen LogP contribution is -2.58. The largest absolute Gasteiger partial charge is 0.480 e. The van der Waals surface area contributed by atoms with Gasteiger partial charge in [-0.05, 0) is 39.3 Å². The van der Waals surface area contributed by atoms with Crippen molar-refractivity contribution in [3.05, 3.63) is 35.4 Å². The summed E-state index contributed by atoms with van der Waals surface area (Å²) in [6.07, 6.45) is -1.30. The lowest BCUT2D eigenvalue weighted by atomic mass is 10.0. The standard InChI is InChI=1S/C20H25N3O6S/c1-9(15(25)22-13(10(2)24)19(28)29)21-16(26)14-20(3,4)30-18-12-8-6-5-7-11(12)17(27)23(14)18/h5-10,13-14,18,24H,1-4H3,(H,21,26)(H,22,25)(H,28,29). The molecule has 0 aromatic heterocycles. The highest BCUT2D eigenvalue weighted by Gasteiger charge is 2.57. The molecular formula is C20H25N3O6S. The van der Waals surface area contributed by atoms with Gasteiger partial charge >= 0.3 is 5.97 Å². The topological polar surface area (TPSA) is 136 Å². The average molecular weight is 436 g/mol. The third kappa shape index (κ3) is 3.77. The first kappa shape index (κ1) is 22.1. The predicted molar refractivity (Wildman–Crippen MR) is 110 cm³/mol. The fourth-order valence-corrected chi connectivity index (χ4v) is 5.42. The van der Waals surface area contributed by atoms with E-state index in [0.717, 1.165) is 5.56 Å². The Hall–Kier alpha value is -2.59. The summed E-state index contributed by atoms with van der Waals surface area (Å²) < 4.78 is -0.600. The van der Waals surface area contributed by atoms with Gasteiger partial charge in [-0.2, -0.15) is 0 Å². The molecule has 1 saturated heterocycles. The number of carbonyl (C=O) groups is 4. The molecule has 1 aromatic rings. The number of rotatable bonds is 6. The number of thioether (sulfide) groups is 1. The fourth-order valence-electron chi connectivity index (χ4n) is 3.83. The van der Waals surface area contributed by atoms with E-state index in [1.165, 1.54) is 25.6 Å². The maximum atomic E-state index is 13.1. The van der Waals surface area contributed by atoms with Crippen LogP contribution in [0.25, 0.3) is 0 Å². The molecule has 0 spiro atoms. The van der Waals surface area contributed by atoms with Gasteiger partial charge in [0.05, 0.1) is 6.10 Å². The second-order valence-corrected chi connectivity index (χ2v) is 9.81. The first-order chi connectivity index (χ1) is 14.0. The van der Waals surface area contributed by atoms with Crippen molar-refractivity contribution in [3.8, 4) is 0 Å². The Morgan fingerprint density at radius 2 is 1.80 bits per heavy atom. The SMILES string of the molecule is CC(NC(=O)C1N2C(=O)c3ccccc3C2SC1(C)C)C(=O)NC(C(=O)O)C(C)O. The fraction of sp³-hybridized carbons (Fsp3) is 0.500. The van der Waals surface area contributed by atoms with Crippen LogP contribution >= 0.6 is 11.8 Å². The van der Waals surface area contributed by atoms with E-state index in [1.807, 2.05) is 26.0 Å². The summed E-state index contributed by atoms with van der Waals surface area (Å²) in [6.45, 7) is 6.40. The smallest absolute Gasteiger partial charge is 0.328 e. The van der Waals surface area contributed by atoms with E-state index in [4.69, 9.17) is 5.11 Å². The average Bonchev–Trinajstić information content (AvgIpc) is 3.08. The Kier molecular flexibility index (Phi) is 5.83. The van der Waals surface area contributed by atoms with E-state index in [0.29, 0.717) is 5.56 Å². The number of nitrogens with one attached hydrogen (secondary N) is 2. The summed E-state index contributed by atoms with van der Waals surface area (Å²) in [6, 6.07) is 3.87. The number of hydrogen-bond donors (Lipinski definition) is 4. The van der Waals surface area contributed by atoms with Crippen molar-refractivity contribution < 1.29 is 29.4 Å². The highest BCUT2D eigenvalue weighted by atomic mass is 32.2. The summed E-state index contributed by atoms with van der Waals surface area (Å²) in [5.74, 6) is -2.85. The minimum atomic E-state index is -1.49. The molecule has 162 valence electrons. The number of nitrogens with zero attached hydrogens (tertiary/aromatic N) is 1. The zero-order valence-corrected chi connectivity index (χ0v) is 17.9. The van der Waals surface area contributed by atoms with Crippen molar-refractivity contribution in [1.82, 2.24) is 15.5 Å². The van der Waals surface area contributed by atoms with Crippen molar-refractivity contribution in [2.75, 3.05) is 0 Å². The molecule has 0 saturated carbocycles. The summed E-state index contributed by atoms with van der Waals surface area (Å²) in [7, 11) is 0. The molecule has 9 nitrogen and oxygen atoms in total. The van der Waals surface area contributed by atoms with Gasteiger partial charge in [-0.3, -0.25) is 14.4 Å².